The lowest BCUT2D eigenvalue weighted by Crippen LogP contribution is -2.55. The molecule has 1 fully saturated rings. The van der Waals surface area contributed by atoms with Gasteiger partial charge in [-0.3, -0.25) is 9.69 Å². The number of esters is 1. The predicted molar refractivity (Wildman–Crippen MR) is 70.5 cm³/mol. The standard InChI is InChI=1S/C13H26N2O3/c1-10(2)14-11(12(16)17-5)8-15-6-7-18-13(3,4)9-15/h10-11,14H,6-9H2,1-5H3. The van der Waals surface area contributed by atoms with Gasteiger partial charge in [0, 0.05) is 25.7 Å². The highest BCUT2D eigenvalue weighted by molar-refractivity contribution is 5.76. The molecule has 0 spiro atoms. The summed E-state index contributed by atoms with van der Waals surface area (Å²) in [6, 6.07) is -0.0212. The summed E-state index contributed by atoms with van der Waals surface area (Å²) in [6.45, 7) is 11.3. The molecule has 5 nitrogen and oxygen atoms in total. The molecule has 0 aromatic rings. The molecule has 1 rings (SSSR count). The van der Waals surface area contributed by atoms with Crippen molar-refractivity contribution < 1.29 is 14.3 Å². The second kappa shape index (κ2) is 6.50. The lowest BCUT2D eigenvalue weighted by Gasteiger charge is -2.39. The van der Waals surface area contributed by atoms with Crippen LogP contribution in [0.15, 0.2) is 0 Å². The van der Waals surface area contributed by atoms with Crippen molar-refractivity contribution in [1.82, 2.24) is 10.2 Å². The van der Waals surface area contributed by atoms with Gasteiger partial charge in [0.1, 0.15) is 6.04 Å². The molecule has 106 valence electrons. The maximum absolute atomic E-state index is 11.7. The van der Waals surface area contributed by atoms with Gasteiger partial charge in [0.2, 0.25) is 0 Å². The fourth-order valence-corrected chi connectivity index (χ4v) is 2.27. The van der Waals surface area contributed by atoms with Crippen LogP contribution in [0.5, 0.6) is 0 Å². The molecule has 1 atom stereocenters. The predicted octanol–water partition coefficient (Wildman–Crippen LogP) is 0.637. The van der Waals surface area contributed by atoms with Gasteiger partial charge >= 0.3 is 5.97 Å². The molecule has 1 N–H and O–H groups in total. The van der Waals surface area contributed by atoms with Crippen LogP contribution in [0.25, 0.3) is 0 Å². The lowest BCUT2D eigenvalue weighted by atomic mass is 10.1. The van der Waals surface area contributed by atoms with Gasteiger partial charge in [0.25, 0.3) is 0 Å². The van der Waals surface area contributed by atoms with Gasteiger partial charge in [-0.15, -0.1) is 0 Å². The van der Waals surface area contributed by atoms with Crippen molar-refractivity contribution in [2.75, 3.05) is 33.4 Å². The van der Waals surface area contributed by atoms with E-state index in [-0.39, 0.29) is 23.7 Å². The number of carbonyl (C=O) groups is 1. The van der Waals surface area contributed by atoms with Gasteiger partial charge < -0.3 is 14.8 Å². The Balaban J connectivity index is 2.57. The van der Waals surface area contributed by atoms with Gasteiger partial charge in [-0.2, -0.15) is 0 Å². The van der Waals surface area contributed by atoms with Gasteiger partial charge in [-0.1, -0.05) is 13.8 Å². The Morgan fingerprint density at radius 3 is 2.67 bits per heavy atom. The molecule has 1 unspecified atom stereocenters. The molecule has 0 aromatic carbocycles. The van der Waals surface area contributed by atoms with Gasteiger partial charge in [0.05, 0.1) is 19.3 Å². The largest absolute Gasteiger partial charge is 0.468 e. The highest BCUT2D eigenvalue weighted by Gasteiger charge is 2.30. The first-order chi connectivity index (χ1) is 8.34. The minimum Gasteiger partial charge on any atom is -0.468 e. The molecule has 1 aliphatic heterocycles. The first-order valence-electron chi connectivity index (χ1n) is 6.54. The van der Waals surface area contributed by atoms with E-state index in [9.17, 15) is 4.79 Å². The van der Waals surface area contributed by atoms with E-state index in [1.165, 1.54) is 7.11 Å². The zero-order valence-electron chi connectivity index (χ0n) is 12.2. The monoisotopic (exact) mass is 258 g/mol. The second-order valence-corrected chi connectivity index (χ2v) is 5.74. The minimum absolute atomic E-state index is 0.142. The minimum atomic E-state index is -0.274. The van der Waals surface area contributed by atoms with Crippen molar-refractivity contribution in [1.29, 1.82) is 0 Å². The molecule has 0 saturated carbocycles. The highest BCUT2D eigenvalue weighted by atomic mass is 16.5. The van der Waals surface area contributed by atoms with Crippen molar-refractivity contribution in [2.45, 2.75) is 45.4 Å². The van der Waals surface area contributed by atoms with Gasteiger partial charge in [-0.05, 0) is 13.8 Å². The van der Waals surface area contributed by atoms with Gasteiger partial charge in [-0.25, -0.2) is 0 Å². The number of methoxy groups -OCH3 is 1. The van der Waals surface area contributed by atoms with Crippen LogP contribution in [-0.2, 0) is 14.3 Å². The molecule has 0 bridgehead atoms. The zero-order chi connectivity index (χ0) is 13.8. The lowest BCUT2D eigenvalue weighted by molar-refractivity contribution is -0.145. The number of ether oxygens (including phenoxy) is 2. The number of nitrogens with zero attached hydrogens (tertiary/aromatic N) is 1. The normalized spacial score (nSPS) is 21.9. The third-order valence-electron chi connectivity index (χ3n) is 2.97. The molecule has 18 heavy (non-hydrogen) atoms. The van der Waals surface area contributed by atoms with Crippen LogP contribution >= 0.6 is 0 Å². The topological polar surface area (TPSA) is 50.8 Å². The summed E-state index contributed by atoms with van der Waals surface area (Å²) in [5, 5.41) is 3.25. The first kappa shape index (κ1) is 15.4. The number of carbonyl (C=O) groups excluding carboxylic acids is 1. The van der Waals surface area contributed by atoms with Gasteiger partial charge in [0.15, 0.2) is 0 Å². The summed E-state index contributed by atoms with van der Waals surface area (Å²) in [5.74, 6) is -0.201. The summed E-state index contributed by atoms with van der Waals surface area (Å²) < 4.78 is 10.5. The molecular formula is C13H26N2O3. The van der Waals surface area contributed by atoms with E-state index in [4.69, 9.17) is 9.47 Å². The fourth-order valence-electron chi connectivity index (χ4n) is 2.27. The number of nitrogens with one attached hydrogen (secondary N) is 1. The molecule has 0 aromatic heterocycles. The Morgan fingerprint density at radius 1 is 1.50 bits per heavy atom. The molecule has 0 aliphatic carbocycles. The third-order valence-corrected chi connectivity index (χ3v) is 2.97. The number of hydrogen-bond donors (Lipinski definition) is 1. The number of hydrogen-bond acceptors (Lipinski definition) is 5. The summed E-state index contributed by atoms with van der Waals surface area (Å²) >= 11 is 0. The van der Waals surface area contributed by atoms with E-state index in [0.717, 1.165) is 13.1 Å². The third kappa shape index (κ3) is 4.92. The maximum Gasteiger partial charge on any atom is 0.324 e. The van der Waals surface area contributed by atoms with Crippen LogP contribution < -0.4 is 5.32 Å². The molecular weight excluding hydrogens is 232 g/mol. The quantitative estimate of drug-likeness (QED) is 0.733. The Hall–Kier alpha value is -0.650. The van der Waals surface area contributed by atoms with E-state index in [1.54, 1.807) is 0 Å². The van der Waals surface area contributed by atoms with Crippen molar-refractivity contribution in [3.63, 3.8) is 0 Å². The van der Waals surface area contributed by atoms with Crippen LogP contribution in [0.2, 0.25) is 0 Å². The summed E-state index contributed by atoms with van der Waals surface area (Å²) in [5.41, 5.74) is -0.142. The second-order valence-electron chi connectivity index (χ2n) is 5.74. The Kier molecular flexibility index (Phi) is 5.56. The molecule has 1 aliphatic rings. The van der Waals surface area contributed by atoms with E-state index in [1.807, 2.05) is 13.8 Å². The SMILES string of the molecule is COC(=O)C(CN1CCOC(C)(C)C1)NC(C)C. The molecule has 1 saturated heterocycles. The van der Waals surface area contributed by atoms with Crippen LogP contribution in [-0.4, -0.2) is 61.9 Å². The van der Waals surface area contributed by atoms with E-state index >= 15 is 0 Å². The van der Waals surface area contributed by atoms with Crippen molar-refractivity contribution in [3.8, 4) is 0 Å². The van der Waals surface area contributed by atoms with Crippen LogP contribution in [0.3, 0.4) is 0 Å². The van der Waals surface area contributed by atoms with Crippen molar-refractivity contribution in [2.24, 2.45) is 0 Å². The highest BCUT2D eigenvalue weighted by Crippen LogP contribution is 2.16. The van der Waals surface area contributed by atoms with Crippen molar-refractivity contribution in [3.05, 3.63) is 0 Å². The Labute approximate surface area is 110 Å². The number of rotatable bonds is 5. The number of morpholine rings is 1. The first-order valence-corrected chi connectivity index (χ1v) is 6.54. The Morgan fingerprint density at radius 2 is 2.17 bits per heavy atom. The maximum atomic E-state index is 11.7. The molecule has 0 amide bonds. The van der Waals surface area contributed by atoms with E-state index in [2.05, 4.69) is 24.1 Å². The average molecular weight is 258 g/mol. The van der Waals surface area contributed by atoms with Crippen LogP contribution in [0.4, 0.5) is 0 Å². The van der Waals surface area contributed by atoms with Crippen LogP contribution in [0, 0.1) is 0 Å². The van der Waals surface area contributed by atoms with E-state index < -0.39 is 0 Å². The summed E-state index contributed by atoms with van der Waals surface area (Å²) in [4.78, 5) is 14.0. The summed E-state index contributed by atoms with van der Waals surface area (Å²) in [6.07, 6.45) is 0. The Bertz CT molecular complexity index is 279. The molecule has 5 heteroatoms. The molecule has 0 radical (unpaired) electrons. The smallest absolute Gasteiger partial charge is 0.324 e. The average Bonchev–Trinajstić information content (AvgIpc) is 2.25. The zero-order valence-corrected chi connectivity index (χ0v) is 12.2. The van der Waals surface area contributed by atoms with Crippen LogP contribution in [0.1, 0.15) is 27.7 Å². The van der Waals surface area contributed by atoms with Crippen molar-refractivity contribution >= 4 is 5.97 Å². The molecule has 1 heterocycles. The fraction of sp³-hybridized carbons (Fsp3) is 0.923. The van der Waals surface area contributed by atoms with E-state index in [0.29, 0.717) is 13.2 Å². The summed E-state index contributed by atoms with van der Waals surface area (Å²) in [7, 11) is 1.43.